The third kappa shape index (κ3) is 4.43. The molecule has 1 fully saturated rings. The maximum atomic E-state index is 13.4. The fourth-order valence-corrected chi connectivity index (χ4v) is 7.24. The van der Waals surface area contributed by atoms with E-state index in [4.69, 9.17) is 9.72 Å². The number of aromatic nitrogens is 5. The van der Waals surface area contributed by atoms with E-state index in [0.29, 0.717) is 46.0 Å². The van der Waals surface area contributed by atoms with E-state index in [1.807, 2.05) is 31.4 Å². The molecule has 1 aliphatic carbocycles. The third-order valence-corrected chi connectivity index (χ3v) is 10.4. The number of pyridine rings is 1. The van der Waals surface area contributed by atoms with Crippen LogP contribution in [0.15, 0.2) is 42.9 Å². The van der Waals surface area contributed by atoms with E-state index < -0.39 is 33.9 Å². The molecule has 13 heteroatoms. The molecule has 1 aromatic carbocycles. The molecule has 0 spiro atoms. The standard InChI is InChI=1S/C30H31F2N7O3S/c1-29(2,3)43(41)37-30(9-6-10-30)27-34-13-16(14-35-27)18-11-20-19(15-33-18)36-25-22-12-21(39(20)25)24-17(26(40)38(22)4)7-5-8-23(24)42-28(31)32/h5,7-8,11,13-15,21-22,28,37H,6,9-10,12H2,1-4H3/t21-,22-,43-/m1/s1. The van der Waals surface area contributed by atoms with Gasteiger partial charge in [-0.25, -0.2) is 23.9 Å². The molecule has 0 saturated heterocycles. The number of alkyl halides is 2. The van der Waals surface area contributed by atoms with E-state index in [9.17, 15) is 17.8 Å². The summed E-state index contributed by atoms with van der Waals surface area (Å²) in [5.41, 5.74) is 2.95. The maximum Gasteiger partial charge on any atom is 0.387 e. The number of benzene rings is 1. The van der Waals surface area contributed by atoms with Crippen LogP contribution in [0.4, 0.5) is 8.78 Å². The number of amides is 1. The summed E-state index contributed by atoms with van der Waals surface area (Å²) in [6.07, 6.45) is 8.20. The highest BCUT2D eigenvalue weighted by Gasteiger charge is 2.46. The summed E-state index contributed by atoms with van der Waals surface area (Å²) in [6.45, 7) is 2.76. The van der Waals surface area contributed by atoms with Crippen molar-refractivity contribution in [3.8, 4) is 17.0 Å². The lowest BCUT2D eigenvalue weighted by atomic mass is 9.77. The fourth-order valence-electron chi connectivity index (χ4n) is 6.28. The van der Waals surface area contributed by atoms with Crippen molar-refractivity contribution >= 4 is 27.9 Å². The molecule has 3 aromatic heterocycles. The van der Waals surface area contributed by atoms with Gasteiger partial charge in [0.15, 0.2) is 0 Å². The summed E-state index contributed by atoms with van der Waals surface area (Å²) in [4.78, 5) is 33.8. The molecular formula is C30H31F2N7O3S. The molecule has 5 heterocycles. The van der Waals surface area contributed by atoms with Crippen LogP contribution in [0.5, 0.6) is 5.75 Å². The number of fused-ring (bicyclic) bond motifs is 9. The highest BCUT2D eigenvalue weighted by atomic mass is 32.2. The van der Waals surface area contributed by atoms with Crippen molar-refractivity contribution in [3.05, 3.63) is 65.6 Å². The van der Waals surface area contributed by atoms with Crippen LogP contribution in [0, 0.1) is 0 Å². The Bertz CT molecular complexity index is 1780. The number of hydrogen-bond donors (Lipinski definition) is 1. The largest absolute Gasteiger partial charge is 0.434 e. The van der Waals surface area contributed by atoms with E-state index in [1.54, 1.807) is 42.7 Å². The van der Waals surface area contributed by atoms with Gasteiger partial charge in [-0.05, 0) is 58.2 Å². The molecule has 43 heavy (non-hydrogen) atoms. The van der Waals surface area contributed by atoms with Gasteiger partial charge in [0.2, 0.25) is 0 Å². The monoisotopic (exact) mass is 607 g/mol. The van der Waals surface area contributed by atoms with Gasteiger partial charge in [-0.15, -0.1) is 0 Å². The normalized spacial score (nSPS) is 21.4. The Labute approximate surface area is 249 Å². The first-order chi connectivity index (χ1) is 20.5. The lowest BCUT2D eigenvalue weighted by Crippen LogP contribution is -2.53. The van der Waals surface area contributed by atoms with Crippen LogP contribution in [-0.2, 0) is 16.5 Å². The smallest absolute Gasteiger partial charge is 0.387 e. The van der Waals surface area contributed by atoms with E-state index in [1.165, 1.54) is 6.07 Å². The van der Waals surface area contributed by atoms with Crippen molar-refractivity contribution in [2.45, 2.75) is 75.4 Å². The van der Waals surface area contributed by atoms with E-state index in [2.05, 4.69) is 19.7 Å². The molecule has 2 bridgehead atoms. The van der Waals surface area contributed by atoms with Crippen LogP contribution in [0.1, 0.15) is 86.1 Å². The number of ether oxygens (including phenoxy) is 1. The van der Waals surface area contributed by atoms with Crippen LogP contribution in [0.3, 0.4) is 0 Å². The molecule has 2 aliphatic heterocycles. The second-order valence-corrected chi connectivity index (χ2v) is 14.4. The number of halogens is 2. The minimum atomic E-state index is -3.03. The summed E-state index contributed by atoms with van der Waals surface area (Å²) < 4.78 is 49.5. The van der Waals surface area contributed by atoms with Gasteiger partial charge < -0.3 is 14.2 Å². The van der Waals surface area contributed by atoms with Gasteiger partial charge in [-0.2, -0.15) is 8.78 Å². The molecule has 7 rings (SSSR count). The predicted octanol–water partition coefficient (Wildman–Crippen LogP) is 5.04. The second kappa shape index (κ2) is 9.84. The van der Waals surface area contributed by atoms with Gasteiger partial charge in [0.05, 0.1) is 50.8 Å². The minimum absolute atomic E-state index is 0.0150. The molecule has 3 atom stereocenters. The van der Waals surface area contributed by atoms with Crippen LogP contribution in [0.25, 0.3) is 22.3 Å². The van der Waals surface area contributed by atoms with Gasteiger partial charge in [0, 0.05) is 42.6 Å². The van der Waals surface area contributed by atoms with Gasteiger partial charge in [-0.3, -0.25) is 9.78 Å². The second-order valence-electron chi connectivity index (χ2n) is 12.4. The van der Waals surface area contributed by atoms with Crippen molar-refractivity contribution in [2.24, 2.45) is 0 Å². The molecule has 1 saturated carbocycles. The molecular weight excluding hydrogens is 576 g/mol. The van der Waals surface area contributed by atoms with Crippen LogP contribution < -0.4 is 9.46 Å². The van der Waals surface area contributed by atoms with Crippen molar-refractivity contribution in [1.82, 2.24) is 34.1 Å². The summed E-state index contributed by atoms with van der Waals surface area (Å²) in [5.74, 6) is 0.997. The number of carbonyl (C=O) groups is 1. The van der Waals surface area contributed by atoms with Crippen molar-refractivity contribution in [3.63, 3.8) is 0 Å². The zero-order valence-corrected chi connectivity index (χ0v) is 25.0. The molecule has 224 valence electrons. The lowest BCUT2D eigenvalue weighted by Gasteiger charge is -2.42. The van der Waals surface area contributed by atoms with Crippen LogP contribution in [-0.4, -0.2) is 57.9 Å². The van der Waals surface area contributed by atoms with Gasteiger partial charge in [0.1, 0.15) is 22.9 Å². The SMILES string of the molecule is CN1C(=O)c2cccc(OC(F)F)c2[C@H]2C[C@@H]1c1nc3cnc(-c4cnc(C5(N[S@](=O)C(C)(C)C)CCC5)nc4)cc3n12. The highest BCUT2D eigenvalue weighted by Crippen LogP contribution is 2.50. The number of carbonyl (C=O) groups excluding carboxylic acids is 1. The van der Waals surface area contributed by atoms with Gasteiger partial charge in [0.25, 0.3) is 5.91 Å². The summed E-state index contributed by atoms with van der Waals surface area (Å²) in [5, 5.41) is 0. The van der Waals surface area contributed by atoms with Crippen LogP contribution in [0.2, 0.25) is 0 Å². The molecule has 1 amide bonds. The zero-order chi connectivity index (χ0) is 30.3. The topological polar surface area (TPSA) is 115 Å². The molecule has 1 N–H and O–H groups in total. The first kappa shape index (κ1) is 28.0. The number of hydrogen-bond acceptors (Lipinski definition) is 7. The number of nitrogens with zero attached hydrogens (tertiary/aromatic N) is 6. The summed E-state index contributed by atoms with van der Waals surface area (Å²) in [7, 11) is 0.442. The van der Waals surface area contributed by atoms with E-state index in [-0.39, 0.29) is 17.7 Å². The fraction of sp³-hybridized carbons (Fsp3) is 0.433. The van der Waals surface area contributed by atoms with Crippen molar-refractivity contribution in [2.75, 3.05) is 7.05 Å². The van der Waals surface area contributed by atoms with Crippen molar-refractivity contribution < 1.29 is 22.5 Å². The number of imidazole rings is 1. The van der Waals surface area contributed by atoms with E-state index in [0.717, 1.165) is 24.8 Å². The Hall–Kier alpha value is -3.84. The average Bonchev–Trinajstić information content (AvgIpc) is 3.47. The Morgan fingerprint density at radius 3 is 2.51 bits per heavy atom. The maximum absolute atomic E-state index is 13.4. The van der Waals surface area contributed by atoms with Crippen molar-refractivity contribution in [1.29, 1.82) is 0 Å². The number of nitrogens with one attached hydrogen (secondary N) is 1. The Morgan fingerprint density at radius 1 is 1.12 bits per heavy atom. The molecule has 0 unspecified atom stereocenters. The summed E-state index contributed by atoms with van der Waals surface area (Å²) >= 11 is 0. The molecule has 3 aliphatic rings. The van der Waals surface area contributed by atoms with Gasteiger partial charge >= 0.3 is 6.61 Å². The molecule has 10 nitrogen and oxygen atoms in total. The zero-order valence-electron chi connectivity index (χ0n) is 24.2. The Kier molecular flexibility index (Phi) is 6.40. The Balaban J connectivity index is 1.28. The number of rotatable bonds is 6. The lowest BCUT2D eigenvalue weighted by molar-refractivity contribution is -0.0507. The first-order valence-corrected chi connectivity index (χ1v) is 15.4. The average molecular weight is 608 g/mol. The van der Waals surface area contributed by atoms with Crippen LogP contribution >= 0.6 is 0 Å². The summed E-state index contributed by atoms with van der Waals surface area (Å²) in [6, 6.07) is 5.80. The molecule has 4 aromatic rings. The third-order valence-electron chi connectivity index (χ3n) is 8.72. The Morgan fingerprint density at radius 2 is 1.86 bits per heavy atom. The predicted molar refractivity (Wildman–Crippen MR) is 156 cm³/mol. The first-order valence-electron chi connectivity index (χ1n) is 14.2. The minimum Gasteiger partial charge on any atom is -0.434 e. The highest BCUT2D eigenvalue weighted by molar-refractivity contribution is 7.84. The molecule has 0 radical (unpaired) electrons. The van der Waals surface area contributed by atoms with E-state index >= 15 is 0 Å². The van der Waals surface area contributed by atoms with Gasteiger partial charge in [-0.1, -0.05) is 6.07 Å². The quantitative estimate of drug-likeness (QED) is 0.327.